The molecule has 0 N–H and O–H groups in total. The average Bonchev–Trinajstić information content (AvgIpc) is 2.47. The number of benzene rings is 1. The lowest BCUT2D eigenvalue weighted by atomic mass is 10.1. The van der Waals surface area contributed by atoms with E-state index in [0.717, 1.165) is 22.5 Å². The van der Waals surface area contributed by atoms with E-state index in [0.29, 0.717) is 4.31 Å². The molecule has 0 fully saturated rings. The van der Waals surface area contributed by atoms with Crippen molar-refractivity contribution in [1.29, 1.82) is 0 Å². The molecule has 0 saturated carbocycles. The van der Waals surface area contributed by atoms with Crippen LogP contribution < -0.4 is 4.31 Å². The predicted molar refractivity (Wildman–Crippen MR) is 86.7 cm³/mol. The van der Waals surface area contributed by atoms with E-state index >= 15 is 0 Å². The first-order chi connectivity index (χ1) is 11.6. The second-order valence-electron chi connectivity index (χ2n) is 5.56. The minimum atomic E-state index is -4.34. The Hall–Kier alpha value is -2.36. The van der Waals surface area contributed by atoms with Gasteiger partial charge in [-0.05, 0) is 45.9 Å². The van der Waals surface area contributed by atoms with Gasteiger partial charge in [-0.3, -0.25) is 4.79 Å². The summed E-state index contributed by atoms with van der Waals surface area (Å²) in [5.41, 5.74) is -0.206. The first-order valence-electron chi connectivity index (χ1n) is 7.62. The highest BCUT2D eigenvalue weighted by molar-refractivity contribution is 7.91. The van der Waals surface area contributed by atoms with E-state index in [1.54, 1.807) is 6.92 Å². The van der Waals surface area contributed by atoms with Gasteiger partial charge in [-0.2, -0.15) is 8.42 Å². The molecule has 0 aromatic heterocycles. The number of rotatable bonds is 4. The van der Waals surface area contributed by atoms with Crippen molar-refractivity contribution >= 4 is 28.0 Å². The van der Waals surface area contributed by atoms with Crippen molar-refractivity contribution in [2.75, 3.05) is 10.9 Å². The second kappa shape index (κ2) is 6.87. The number of hydrogen-bond acceptors (Lipinski definition) is 6. The summed E-state index contributed by atoms with van der Waals surface area (Å²) in [7, 11) is -4.34. The van der Waals surface area contributed by atoms with Crippen molar-refractivity contribution < 1.29 is 31.9 Å². The van der Waals surface area contributed by atoms with Crippen LogP contribution in [0.2, 0.25) is 0 Å². The Bertz CT molecular complexity index is 795. The van der Waals surface area contributed by atoms with Gasteiger partial charge in [0.05, 0.1) is 17.9 Å². The van der Waals surface area contributed by atoms with Crippen LogP contribution in [0.3, 0.4) is 0 Å². The fraction of sp³-hybridized carbons (Fsp3) is 0.467. The molecule has 0 aliphatic carbocycles. The minimum absolute atomic E-state index is 0.0523. The molecular formula is C15H19FN2O6S. The topological polar surface area (TPSA) is 93.2 Å². The number of anilines is 1. The van der Waals surface area contributed by atoms with E-state index in [1.807, 2.05) is 0 Å². The molecule has 138 valence electrons. The van der Waals surface area contributed by atoms with Crippen LogP contribution in [0.15, 0.2) is 18.2 Å². The molecule has 0 radical (unpaired) electrons. The fourth-order valence-corrected chi connectivity index (χ4v) is 4.39. The monoisotopic (exact) mass is 374 g/mol. The number of nitrogens with zero attached hydrogens (tertiary/aromatic N) is 2. The van der Waals surface area contributed by atoms with Gasteiger partial charge >= 0.3 is 16.4 Å². The summed E-state index contributed by atoms with van der Waals surface area (Å²) >= 11 is 0. The molecule has 1 aliphatic rings. The van der Waals surface area contributed by atoms with Gasteiger partial charge in [0.1, 0.15) is 5.82 Å². The number of fused-ring (bicyclic) bond motifs is 1. The lowest BCUT2D eigenvalue weighted by Gasteiger charge is -2.40. The first-order valence-corrected chi connectivity index (χ1v) is 9.02. The van der Waals surface area contributed by atoms with E-state index in [1.165, 1.54) is 20.8 Å². The molecule has 0 spiro atoms. The van der Waals surface area contributed by atoms with E-state index in [-0.39, 0.29) is 17.9 Å². The van der Waals surface area contributed by atoms with Gasteiger partial charge in [-0.1, -0.05) is 0 Å². The lowest BCUT2D eigenvalue weighted by molar-refractivity contribution is 0.0352. The van der Waals surface area contributed by atoms with Crippen LogP contribution in [0, 0.1) is 5.82 Å². The number of amides is 1. The van der Waals surface area contributed by atoms with Gasteiger partial charge < -0.3 is 9.47 Å². The molecule has 2 rings (SSSR count). The summed E-state index contributed by atoms with van der Waals surface area (Å²) in [5.74, 6) is -1.53. The average molecular weight is 374 g/mol. The zero-order valence-electron chi connectivity index (χ0n) is 14.2. The number of carbonyl (C=O) groups is 2. The van der Waals surface area contributed by atoms with Crippen molar-refractivity contribution in [1.82, 2.24) is 4.31 Å². The van der Waals surface area contributed by atoms with Gasteiger partial charge in [0.2, 0.25) is 0 Å². The molecule has 25 heavy (non-hydrogen) atoms. The van der Waals surface area contributed by atoms with Crippen LogP contribution in [-0.2, 0) is 19.7 Å². The molecule has 1 atom stereocenters. The molecule has 1 unspecified atom stereocenters. The maximum Gasteiger partial charge on any atom is 0.510 e. The summed E-state index contributed by atoms with van der Waals surface area (Å²) in [6, 6.07) is 2.41. The minimum Gasteiger partial charge on any atom is -0.435 e. The number of carbonyl (C=O) groups excluding carboxylic acids is 2. The van der Waals surface area contributed by atoms with Gasteiger partial charge in [-0.25, -0.2) is 17.8 Å². The molecular weight excluding hydrogens is 355 g/mol. The SMILES string of the molecule is CCOC(=O)OC(C)N1c2ccc(F)cc2C(=O)N(C(C)C)S1(=O)=O. The maximum absolute atomic E-state index is 13.6. The summed E-state index contributed by atoms with van der Waals surface area (Å²) < 4.78 is 50.4. The predicted octanol–water partition coefficient (Wildman–Crippen LogP) is 2.26. The third-order valence-corrected chi connectivity index (χ3v) is 5.53. The third kappa shape index (κ3) is 3.39. The van der Waals surface area contributed by atoms with Crippen molar-refractivity contribution in [2.24, 2.45) is 0 Å². The Kier molecular flexibility index (Phi) is 5.21. The zero-order chi connectivity index (χ0) is 18.9. The molecule has 1 aromatic rings. The quantitative estimate of drug-likeness (QED) is 0.751. The largest absolute Gasteiger partial charge is 0.510 e. The second-order valence-corrected chi connectivity index (χ2v) is 7.24. The zero-order valence-corrected chi connectivity index (χ0v) is 15.0. The Morgan fingerprint density at radius 2 is 1.88 bits per heavy atom. The van der Waals surface area contributed by atoms with Gasteiger partial charge in [-0.15, -0.1) is 0 Å². The van der Waals surface area contributed by atoms with E-state index < -0.39 is 40.4 Å². The van der Waals surface area contributed by atoms with Crippen LogP contribution >= 0.6 is 0 Å². The Morgan fingerprint density at radius 1 is 1.24 bits per heavy atom. The van der Waals surface area contributed by atoms with Crippen molar-refractivity contribution in [3.05, 3.63) is 29.6 Å². The Labute approximate surface area is 145 Å². The summed E-state index contributed by atoms with van der Waals surface area (Å²) in [4.78, 5) is 24.1. The van der Waals surface area contributed by atoms with Gasteiger partial charge in [0.25, 0.3) is 5.91 Å². The molecule has 0 saturated heterocycles. The highest BCUT2D eigenvalue weighted by atomic mass is 32.2. The van der Waals surface area contributed by atoms with Crippen LogP contribution in [0.1, 0.15) is 38.1 Å². The number of ether oxygens (including phenoxy) is 2. The van der Waals surface area contributed by atoms with Crippen molar-refractivity contribution in [2.45, 2.75) is 40.0 Å². The highest BCUT2D eigenvalue weighted by Crippen LogP contribution is 2.35. The summed E-state index contributed by atoms with van der Waals surface area (Å²) in [6.07, 6.45) is -2.36. The molecule has 1 aliphatic heterocycles. The molecule has 10 heteroatoms. The summed E-state index contributed by atoms with van der Waals surface area (Å²) in [5, 5.41) is 0. The molecule has 8 nitrogen and oxygen atoms in total. The normalized spacial score (nSPS) is 17.3. The van der Waals surface area contributed by atoms with Crippen molar-refractivity contribution in [3.63, 3.8) is 0 Å². The smallest absolute Gasteiger partial charge is 0.435 e. The molecule has 1 heterocycles. The van der Waals surface area contributed by atoms with Crippen LogP contribution in [0.25, 0.3) is 0 Å². The Balaban J connectivity index is 2.58. The van der Waals surface area contributed by atoms with Crippen LogP contribution in [0.5, 0.6) is 0 Å². The highest BCUT2D eigenvalue weighted by Gasteiger charge is 2.46. The van der Waals surface area contributed by atoms with Crippen LogP contribution in [0.4, 0.5) is 14.9 Å². The van der Waals surface area contributed by atoms with Crippen LogP contribution in [-0.4, -0.2) is 43.7 Å². The Morgan fingerprint density at radius 3 is 2.44 bits per heavy atom. The molecule has 0 bridgehead atoms. The maximum atomic E-state index is 13.6. The summed E-state index contributed by atoms with van der Waals surface area (Å²) in [6.45, 7) is 5.96. The molecule has 1 aromatic carbocycles. The number of halogens is 1. The molecule has 1 amide bonds. The number of hydrogen-bond donors (Lipinski definition) is 0. The van der Waals surface area contributed by atoms with E-state index in [2.05, 4.69) is 4.74 Å². The standard InChI is InChI=1S/C15H19FN2O6S/c1-5-23-15(20)24-10(4)18-13-7-6-11(16)8-12(13)14(19)17(9(2)3)25(18,21)22/h6-10H,5H2,1-4H3. The fourth-order valence-electron chi connectivity index (χ4n) is 2.54. The van der Waals surface area contributed by atoms with Gasteiger partial charge in [0.15, 0.2) is 6.23 Å². The third-order valence-electron chi connectivity index (χ3n) is 3.45. The van der Waals surface area contributed by atoms with Crippen molar-refractivity contribution in [3.8, 4) is 0 Å². The van der Waals surface area contributed by atoms with E-state index in [9.17, 15) is 22.4 Å². The first kappa shape index (κ1) is 19.0. The van der Waals surface area contributed by atoms with Gasteiger partial charge in [0, 0.05) is 6.04 Å². The van der Waals surface area contributed by atoms with E-state index in [4.69, 9.17) is 4.74 Å². The lowest BCUT2D eigenvalue weighted by Crippen LogP contribution is -2.57.